The molecule has 2 heterocycles. The second-order valence-electron chi connectivity index (χ2n) is 5.19. The predicted octanol–water partition coefficient (Wildman–Crippen LogP) is -1.94. The first-order valence-electron chi connectivity index (χ1n) is 6.70. The topological polar surface area (TPSA) is 119 Å². The molecule has 2 aliphatic heterocycles. The molecular weight excluding hydrogens is 280 g/mol. The molecule has 0 radical (unpaired) electrons. The molecule has 116 valence electrons. The summed E-state index contributed by atoms with van der Waals surface area (Å²) < 4.78 is 0. The highest BCUT2D eigenvalue weighted by Gasteiger charge is 2.41. The zero-order valence-electron chi connectivity index (χ0n) is 11.7. The van der Waals surface area contributed by atoms with Crippen LogP contribution in [0, 0.1) is 5.92 Å². The van der Waals surface area contributed by atoms with Crippen LogP contribution < -0.4 is 10.6 Å². The molecule has 2 rings (SSSR count). The molecule has 4 amide bonds. The van der Waals surface area contributed by atoms with Crippen LogP contribution in [-0.2, 0) is 14.4 Å². The second kappa shape index (κ2) is 6.08. The Morgan fingerprint density at radius 2 is 1.86 bits per heavy atom. The molecule has 0 aromatic rings. The monoisotopic (exact) mass is 298 g/mol. The van der Waals surface area contributed by atoms with E-state index < -0.39 is 29.9 Å². The summed E-state index contributed by atoms with van der Waals surface area (Å²) in [5.41, 5.74) is 0. The zero-order valence-corrected chi connectivity index (χ0v) is 11.7. The molecule has 0 bridgehead atoms. The van der Waals surface area contributed by atoms with Crippen molar-refractivity contribution in [2.24, 2.45) is 5.92 Å². The molecule has 0 saturated carbocycles. The van der Waals surface area contributed by atoms with Crippen molar-refractivity contribution < 1.29 is 24.3 Å². The summed E-state index contributed by atoms with van der Waals surface area (Å²) in [6, 6.07) is -2.01. The Morgan fingerprint density at radius 3 is 2.38 bits per heavy atom. The fraction of sp³-hybridized carbons (Fsp3) is 0.667. The second-order valence-corrected chi connectivity index (χ2v) is 5.19. The first-order valence-corrected chi connectivity index (χ1v) is 6.70. The normalized spacial score (nSPS) is 27.0. The molecule has 9 heteroatoms. The zero-order chi connectivity index (χ0) is 15.6. The van der Waals surface area contributed by atoms with E-state index in [1.165, 1.54) is 6.92 Å². The van der Waals surface area contributed by atoms with E-state index in [2.05, 4.69) is 10.6 Å². The predicted molar refractivity (Wildman–Crippen MR) is 70.3 cm³/mol. The van der Waals surface area contributed by atoms with Crippen molar-refractivity contribution >= 4 is 23.8 Å². The van der Waals surface area contributed by atoms with Crippen molar-refractivity contribution in [3.8, 4) is 0 Å². The van der Waals surface area contributed by atoms with E-state index >= 15 is 0 Å². The molecule has 0 spiro atoms. The lowest BCUT2D eigenvalue weighted by Gasteiger charge is -2.37. The summed E-state index contributed by atoms with van der Waals surface area (Å²) >= 11 is 0. The highest BCUT2D eigenvalue weighted by molar-refractivity contribution is 6.02. The number of imide groups is 1. The Balaban J connectivity index is 1.97. The molecule has 2 unspecified atom stereocenters. The van der Waals surface area contributed by atoms with Gasteiger partial charge in [0, 0.05) is 39.6 Å². The van der Waals surface area contributed by atoms with Crippen molar-refractivity contribution in [3.05, 3.63) is 0 Å². The molecule has 0 aromatic carbocycles. The minimum absolute atomic E-state index is 0.000681. The van der Waals surface area contributed by atoms with Gasteiger partial charge in [-0.05, 0) is 0 Å². The molecule has 0 aliphatic carbocycles. The van der Waals surface area contributed by atoms with Crippen LogP contribution in [0.2, 0.25) is 0 Å². The lowest BCUT2D eigenvalue weighted by molar-refractivity contribution is -0.145. The molecule has 2 atom stereocenters. The van der Waals surface area contributed by atoms with E-state index in [0.29, 0.717) is 26.2 Å². The van der Waals surface area contributed by atoms with E-state index in [4.69, 9.17) is 5.11 Å². The van der Waals surface area contributed by atoms with E-state index in [1.807, 2.05) is 4.90 Å². The van der Waals surface area contributed by atoms with Crippen molar-refractivity contribution in [2.45, 2.75) is 13.0 Å². The van der Waals surface area contributed by atoms with Crippen molar-refractivity contribution in [3.63, 3.8) is 0 Å². The number of carbonyl (C=O) groups excluding carboxylic acids is 3. The molecule has 2 saturated heterocycles. The number of urea groups is 1. The summed E-state index contributed by atoms with van der Waals surface area (Å²) in [7, 11) is 0. The van der Waals surface area contributed by atoms with Gasteiger partial charge in [0.05, 0.1) is 5.92 Å². The summed E-state index contributed by atoms with van der Waals surface area (Å²) in [5, 5.41) is 13.5. The number of nitrogens with zero attached hydrogens (tertiary/aromatic N) is 2. The number of carboxylic acid groups (broad SMARTS) is 1. The maximum Gasteiger partial charge on any atom is 0.327 e. The number of piperazine rings is 1. The highest BCUT2D eigenvalue weighted by atomic mass is 16.4. The maximum absolute atomic E-state index is 11.8. The number of nitrogens with one attached hydrogen (secondary N) is 2. The van der Waals surface area contributed by atoms with Gasteiger partial charge >= 0.3 is 12.0 Å². The van der Waals surface area contributed by atoms with Crippen LogP contribution in [0.4, 0.5) is 4.79 Å². The first-order chi connectivity index (χ1) is 9.88. The summed E-state index contributed by atoms with van der Waals surface area (Å²) in [5.74, 6) is -2.66. The van der Waals surface area contributed by atoms with Gasteiger partial charge in [0.25, 0.3) is 0 Å². The van der Waals surface area contributed by atoms with Crippen LogP contribution in [0.5, 0.6) is 0 Å². The average molecular weight is 298 g/mol. The smallest absolute Gasteiger partial charge is 0.327 e. The first kappa shape index (κ1) is 15.2. The van der Waals surface area contributed by atoms with Crippen LogP contribution in [0.25, 0.3) is 0 Å². The highest BCUT2D eigenvalue weighted by Crippen LogP contribution is 2.13. The van der Waals surface area contributed by atoms with Gasteiger partial charge in [-0.25, -0.2) is 9.59 Å². The third-order valence-corrected chi connectivity index (χ3v) is 3.80. The van der Waals surface area contributed by atoms with Crippen LogP contribution in [0.15, 0.2) is 0 Å². The third kappa shape index (κ3) is 3.48. The minimum Gasteiger partial charge on any atom is -0.480 e. The van der Waals surface area contributed by atoms with E-state index in [-0.39, 0.29) is 12.5 Å². The number of carbonyl (C=O) groups is 4. The largest absolute Gasteiger partial charge is 0.480 e. The van der Waals surface area contributed by atoms with Gasteiger partial charge in [-0.3, -0.25) is 19.8 Å². The van der Waals surface area contributed by atoms with E-state index in [9.17, 15) is 19.2 Å². The molecular formula is C12H18N4O5. The Bertz CT molecular complexity index is 472. The third-order valence-electron chi connectivity index (χ3n) is 3.80. The molecule has 3 N–H and O–H groups in total. The SMILES string of the molecule is CC(=O)N1CCN(CC2C(=O)NC(=O)NC2C(=O)O)CC1. The number of rotatable bonds is 3. The number of amides is 4. The number of carboxylic acids is 1. The van der Waals surface area contributed by atoms with E-state index in [1.54, 1.807) is 4.90 Å². The Hall–Kier alpha value is -2.16. The molecule has 2 fully saturated rings. The van der Waals surface area contributed by atoms with Gasteiger partial charge in [-0.1, -0.05) is 0 Å². The lowest BCUT2D eigenvalue weighted by Crippen LogP contribution is -2.64. The summed E-state index contributed by atoms with van der Waals surface area (Å²) in [6.45, 7) is 3.98. The van der Waals surface area contributed by atoms with Gasteiger partial charge in [0.1, 0.15) is 6.04 Å². The lowest BCUT2D eigenvalue weighted by atomic mass is 9.96. The van der Waals surface area contributed by atoms with Crippen molar-refractivity contribution in [2.75, 3.05) is 32.7 Å². The minimum atomic E-state index is -1.23. The van der Waals surface area contributed by atoms with Gasteiger partial charge in [0.15, 0.2) is 0 Å². The Labute approximate surface area is 121 Å². The number of hydrogen-bond donors (Lipinski definition) is 3. The molecule has 21 heavy (non-hydrogen) atoms. The van der Waals surface area contributed by atoms with Gasteiger partial charge in [0.2, 0.25) is 11.8 Å². The van der Waals surface area contributed by atoms with Crippen LogP contribution in [0.1, 0.15) is 6.92 Å². The Kier molecular flexibility index (Phi) is 4.41. The van der Waals surface area contributed by atoms with Crippen LogP contribution >= 0.6 is 0 Å². The van der Waals surface area contributed by atoms with Gasteiger partial charge in [-0.2, -0.15) is 0 Å². The molecule has 9 nitrogen and oxygen atoms in total. The molecule has 0 aromatic heterocycles. The van der Waals surface area contributed by atoms with E-state index in [0.717, 1.165) is 0 Å². The number of hydrogen-bond acceptors (Lipinski definition) is 5. The van der Waals surface area contributed by atoms with Crippen LogP contribution in [0.3, 0.4) is 0 Å². The maximum atomic E-state index is 11.8. The van der Waals surface area contributed by atoms with Crippen molar-refractivity contribution in [1.29, 1.82) is 0 Å². The fourth-order valence-electron chi connectivity index (χ4n) is 2.58. The molecule has 2 aliphatic rings. The Morgan fingerprint density at radius 1 is 1.24 bits per heavy atom. The fourth-order valence-corrected chi connectivity index (χ4v) is 2.58. The average Bonchev–Trinajstić information content (AvgIpc) is 2.41. The van der Waals surface area contributed by atoms with Crippen LogP contribution in [-0.4, -0.2) is 77.5 Å². The quantitative estimate of drug-likeness (QED) is 0.558. The van der Waals surface area contributed by atoms with Gasteiger partial charge in [-0.15, -0.1) is 0 Å². The summed E-state index contributed by atoms with van der Waals surface area (Å²) in [4.78, 5) is 49.1. The number of aliphatic carboxylic acids is 1. The standard InChI is InChI=1S/C12H18N4O5/c1-7(17)16-4-2-15(3-5-16)6-8-9(11(19)20)13-12(21)14-10(8)18/h8-9H,2-6H2,1H3,(H,19,20)(H2,13,14,18,21). The van der Waals surface area contributed by atoms with Crippen molar-refractivity contribution in [1.82, 2.24) is 20.4 Å². The summed E-state index contributed by atoms with van der Waals surface area (Å²) in [6.07, 6.45) is 0. The van der Waals surface area contributed by atoms with Gasteiger partial charge < -0.3 is 15.3 Å².